The zero-order valence-electron chi connectivity index (χ0n) is 14.8. The third-order valence-electron chi connectivity index (χ3n) is 4.94. The van der Waals surface area contributed by atoms with Crippen molar-refractivity contribution < 1.29 is 9.84 Å². The Morgan fingerprint density at radius 2 is 1.96 bits per heavy atom. The highest BCUT2D eigenvalue weighted by molar-refractivity contribution is 5.76. The second-order valence-electron chi connectivity index (χ2n) is 7.18. The Hall–Kier alpha value is -1.72. The molecule has 1 N–H and O–H groups in total. The molecule has 130 valence electrons. The normalized spacial score (nSPS) is 24.8. The van der Waals surface area contributed by atoms with Crippen molar-refractivity contribution in [2.75, 3.05) is 13.7 Å². The molecule has 3 rings (SSSR count). The van der Waals surface area contributed by atoms with E-state index in [0.717, 1.165) is 43.5 Å². The Labute approximate surface area is 144 Å². The van der Waals surface area contributed by atoms with Crippen LogP contribution in [0.3, 0.4) is 0 Å². The van der Waals surface area contributed by atoms with Crippen LogP contribution in [0.4, 0.5) is 0 Å². The van der Waals surface area contributed by atoms with Crippen molar-refractivity contribution in [1.29, 1.82) is 0 Å². The Kier molecular flexibility index (Phi) is 5.01. The maximum absolute atomic E-state index is 10.0. The Balaban J connectivity index is 1.71. The van der Waals surface area contributed by atoms with Crippen molar-refractivity contribution in [2.45, 2.75) is 57.3 Å². The first kappa shape index (κ1) is 17.1. The number of methoxy groups -OCH3 is 1. The van der Waals surface area contributed by atoms with E-state index in [2.05, 4.69) is 21.1 Å². The van der Waals surface area contributed by atoms with Gasteiger partial charge in [-0.3, -0.25) is 9.98 Å². The first-order chi connectivity index (χ1) is 11.5. The average molecular weight is 329 g/mol. The molecule has 0 atom stereocenters. The predicted octanol–water partition coefficient (Wildman–Crippen LogP) is 2.95. The molecular formula is C19H27N3O2. The van der Waals surface area contributed by atoms with Crippen LogP contribution in [-0.4, -0.2) is 47.0 Å². The van der Waals surface area contributed by atoms with Crippen LogP contribution in [0.25, 0.3) is 5.70 Å². The topological polar surface area (TPSA) is 58.0 Å². The first-order valence-corrected chi connectivity index (χ1v) is 8.69. The third-order valence-corrected chi connectivity index (χ3v) is 4.94. The molecule has 1 fully saturated rings. The van der Waals surface area contributed by atoms with Gasteiger partial charge in [0.2, 0.25) is 0 Å². The van der Waals surface area contributed by atoms with Crippen LogP contribution in [0, 0.1) is 0 Å². The maximum Gasteiger partial charge on any atom is 0.101 e. The Morgan fingerprint density at radius 1 is 1.21 bits per heavy atom. The second kappa shape index (κ2) is 7.03. The van der Waals surface area contributed by atoms with Crippen LogP contribution in [0.5, 0.6) is 0 Å². The molecule has 2 heterocycles. The zero-order valence-corrected chi connectivity index (χ0v) is 14.8. The number of nitrogens with zero attached hydrogens (tertiary/aromatic N) is 3. The molecule has 0 radical (unpaired) electrons. The smallest absolute Gasteiger partial charge is 0.101 e. The molecule has 1 aromatic heterocycles. The van der Waals surface area contributed by atoms with Gasteiger partial charge in [0.05, 0.1) is 24.0 Å². The fourth-order valence-corrected chi connectivity index (χ4v) is 3.40. The van der Waals surface area contributed by atoms with Crippen LogP contribution in [-0.2, 0) is 10.3 Å². The van der Waals surface area contributed by atoms with E-state index in [1.165, 1.54) is 0 Å². The number of hydrogen-bond acceptors (Lipinski definition) is 5. The molecule has 5 nitrogen and oxygen atoms in total. The molecule has 0 spiro atoms. The lowest BCUT2D eigenvalue weighted by atomic mass is 9.91. The Morgan fingerprint density at radius 3 is 2.54 bits per heavy atom. The van der Waals surface area contributed by atoms with E-state index in [1.807, 2.05) is 18.3 Å². The highest BCUT2D eigenvalue weighted by Gasteiger charge is 2.25. The number of rotatable bonds is 4. The molecule has 0 unspecified atom stereocenters. The molecule has 1 aromatic rings. The Bertz CT molecular complexity index is 608. The minimum Gasteiger partial charge on any atom is -0.384 e. The molecule has 1 aliphatic heterocycles. The van der Waals surface area contributed by atoms with Gasteiger partial charge >= 0.3 is 0 Å². The molecule has 0 amide bonds. The summed E-state index contributed by atoms with van der Waals surface area (Å²) in [6, 6.07) is 4.41. The highest BCUT2D eigenvalue weighted by atomic mass is 16.5. The van der Waals surface area contributed by atoms with Gasteiger partial charge in [-0.2, -0.15) is 0 Å². The number of aliphatic hydroxyl groups is 1. The molecule has 0 aromatic carbocycles. The van der Waals surface area contributed by atoms with Crippen LogP contribution in [0.1, 0.15) is 50.8 Å². The van der Waals surface area contributed by atoms with Crippen LogP contribution in [0.2, 0.25) is 0 Å². The summed E-state index contributed by atoms with van der Waals surface area (Å²) in [7, 11) is 1.81. The quantitative estimate of drug-likeness (QED) is 0.923. The van der Waals surface area contributed by atoms with Gasteiger partial charge < -0.3 is 14.7 Å². The minimum absolute atomic E-state index is 0.418. The van der Waals surface area contributed by atoms with Crippen molar-refractivity contribution in [2.24, 2.45) is 4.99 Å². The largest absolute Gasteiger partial charge is 0.384 e. The summed E-state index contributed by atoms with van der Waals surface area (Å²) < 4.78 is 5.47. The molecule has 24 heavy (non-hydrogen) atoms. The fourth-order valence-electron chi connectivity index (χ4n) is 3.40. The number of pyridine rings is 1. The van der Waals surface area contributed by atoms with E-state index in [4.69, 9.17) is 4.74 Å². The SMILES string of the molecule is CO[C@H]1CC[C@H](N2C=C(c3ccc(C(C)(C)O)nc3)N=CC2)CC1. The van der Waals surface area contributed by atoms with Crippen LogP contribution >= 0.6 is 0 Å². The summed E-state index contributed by atoms with van der Waals surface area (Å²) in [6.07, 6.45) is 10.9. The van der Waals surface area contributed by atoms with E-state index in [9.17, 15) is 5.11 Å². The van der Waals surface area contributed by atoms with Gasteiger partial charge in [0.15, 0.2) is 0 Å². The molecular weight excluding hydrogens is 302 g/mol. The summed E-state index contributed by atoms with van der Waals surface area (Å²) in [4.78, 5) is 11.3. The highest BCUT2D eigenvalue weighted by Crippen LogP contribution is 2.28. The van der Waals surface area contributed by atoms with E-state index in [1.54, 1.807) is 27.2 Å². The van der Waals surface area contributed by atoms with Gasteiger partial charge in [-0.15, -0.1) is 0 Å². The number of aromatic nitrogens is 1. The molecule has 1 aliphatic carbocycles. The lowest BCUT2D eigenvalue weighted by Crippen LogP contribution is -2.38. The van der Waals surface area contributed by atoms with E-state index < -0.39 is 5.60 Å². The van der Waals surface area contributed by atoms with Crippen molar-refractivity contribution in [3.05, 3.63) is 35.8 Å². The van der Waals surface area contributed by atoms with Crippen molar-refractivity contribution in [3.8, 4) is 0 Å². The molecule has 1 saturated carbocycles. The van der Waals surface area contributed by atoms with Crippen molar-refractivity contribution in [3.63, 3.8) is 0 Å². The van der Waals surface area contributed by atoms with Crippen molar-refractivity contribution in [1.82, 2.24) is 9.88 Å². The summed E-state index contributed by atoms with van der Waals surface area (Å²) >= 11 is 0. The fraction of sp³-hybridized carbons (Fsp3) is 0.579. The second-order valence-corrected chi connectivity index (χ2v) is 7.18. The van der Waals surface area contributed by atoms with Gasteiger partial charge in [-0.25, -0.2) is 0 Å². The minimum atomic E-state index is -0.922. The predicted molar refractivity (Wildman–Crippen MR) is 95.7 cm³/mol. The summed E-state index contributed by atoms with van der Waals surface area (Å²) in [5.74, 6) is 0. The standard InChI is InChI=1S/C19H27N3O2/c1-19(2,23)18-9-4-14(12-21-18)17-13-22(11-10-20-17)15-5-7-16(24-3)8-6-15/h4,9-10,12-13,15-16,23H,5-8,11H2,1-3H3/t15-,16-. The maximum atomic E-state index is 10.0. The van der Waals surface area contributed by atoms with E-state index in [-0.39, 0.29) is 0 Å². The molecule has 0 bridgehead atoms. The van der Waals surface area contributed by atoms with Gasteiger partial charge in [0.25, 0.3) is 0 Å². The summed E-state index contributed by atoms with van der Waals surface area (Å²) in [6.45, 7) is 4.34. The van der Waals surface area contributed by atoms with Crippen LogP contribution < -0.4 is 0 Å². The van der Waals surface area contributed by atoms with Crippen LogP contribution in [0.15, 0.2) is 29.5 Å². The molecule has 0 saturated heterocycles. The van der Waals surface area contributed by atoms with E-state index >= 15 is 0 Å². The molecule has 2 aliphatic rings. The zero-order chi connectivity index (χ0) is 17.2. The van der Waals surface area contributed by atoms with Gasteiger partial charge in [-0.05, 0) is 51.7 Å². The van der Waals surface area contributed by atoms with Gasteiger partial charge in [-0.1, -0.05) is 0 Å². The third kappa shape index (κ3) is 3.84. The first-order valence-electron chi connectivity index (χ1n) is 8.69. The summed E-state index contributed by atoms with van der Waals surface area (Å²) in [5, 5.41) is 10.0. The lowest BCUT2D eigenvalue weighted by Gasteiger charge is -2.36. The van der Waals surface area contributed by atoms with Gasteiger partial charge in [0.1, 0.15) is 5.60 Å². The number of ether oxygens (including phenoxy) is 1. The van der Waals surface area contributed by atoms with Crippen molar-refractivity contribution >= 4 is 11.9 Å². The average Bonchev–Trinajstić information content (AvgIpc) is 2.61. The number of aliphatic imine (C=N–C) groups is 1. The summed E-state index contributed by atoms with van der Waals surface area (Å²) in [5.41, 5.74) is 1.66. The monoisotopic (exact) mass is 329 g/mol. The van der Waals surface area contributed by atoms with E-state index in [0.29, 0.717) is 17.8 Å². The van der Waals surface area contributed by atoms with Gasteiger partial charge in [0, 0.05) is 37.3 Å². The number of hydrogen-bond donors (Lipinski definition) is 1. The molecule has 5 heteroatoms. The lowest BCUT2D eigenvalue weighted by molar-refractivity contribution is 0.0501.